The molecule has 0 aromatic heterocycles. The van der Waals surface area contributed by atoms with Crippen molar-refractivity contribution in [3.63, 3.8) is 0 Å². The second kappa shape index (κ2) is 5.81. The zero-order chi connectivity index (χ0) is 14.7. The second-order valence-electron chi connectivity index (χ2n) is 4.32. The largest absolute Gasteiger partial charge is 0.427 e. The molecule has 8 heteroatoms. The third-order valence-electron chi connectivity index (χ3n) is 3.01. The van der Waals surface area contributed by atoms with Crippen LogP contribution in [0.1, 0.15) is 23.2 Å². The third-order valence-corrected chi connectivity index (χ3v) is 3.01. The van der Waals surface area contributed by atoms with Gasteiger partial charge in [0.1, 0.15) is 0 Å². The van der Waals surface area contributed by atoms with Crippen LogP contribution in [0.25, 0.3) is 0 Å². The molecule has 0 N–H and O–H groups in total. The van der Waals surface area contributed by atoms with Gasteiger partial charge in [-0.15, -0.1) is 0 Å². The minimum Gasteiger partial charge on any atom is -0.427 e. The van der Waals surface area contributed by atoms with Gasteiger partial charge in [0.2, 0.25) is 5.75 Å². The number of nitro groups is 1. The SMILES string of the molecule is O=C(c1ccc([N+](=O)[O-])c(OC(F)F)c1)N1CCCC1. The number of nitro benzene ring substituents is 1. The first-order valence-electron chi connectivity index (χ1n) is 6.01. The van der Waals surface area contributed by atoms with Gasteiger partial charge in [-0.3, -0.25) is 14.9 Å². The van der Waals surface area contributed by atoms with Crippen molar-refractivity contribution in [3.05, 3.63) is 33.9 Å². The Morgan fingerprint density at radius 3 is 2.55 bits per heavy atom. The first-order valence-corrected chi connectivity index (χ1v) is 6.01. The Labute approximate surface area is 113 Å². The van der Waals surface area contributed by atoms with Gasteiger partial charge in [-0.1, -0.05) is 0 Å². The maximum absolute atomic E-state index is 12.3. The molecular formula is C12H12F2N2O4. The predicted octanol–water partition coefficient (Wildman–Crippen LogP) is 2.43. The van der Waals surface area contributed by atoms with Crippen LogP contribution in [0.5, 0.6) is 5.75 Å². The number of ether oxygens (including phenoxy) is 1. The molecule has 1 fully saturated rings. The molecule has 1 heterocycles. The van der Waals surface area contributed by atoms with Crippen LogP contribution >= 0.6 is 0 Å². The smallest absolute Gasteiger partial charge is 0.387 e. The summed E-state index contributed by atoms with van der Waals surface area (Å²) in [5, 5.41) is 10.7. The molecule has 0 radical (unpaired) electrons. The van der Waals surface area contributed by atoms with Gasteiger partial charge >= 0.3 is 12.3 Å². The van der Waals surface area contributed by atoms with Crippen molar-refractivity contribution in [1.29, 1.82) is 0 Å². The molecule has 6 nitrogen and oxygen atoms in total. The normalized spacial score (nSPS) is 14.7. The van der Waals surface area contributed by atoms with Gasteiger partial charge in [0.25, 0.3) is 5.91 Å². The summed E-state index contributed by atoms with van der Waals surface area (Å²) < 4.78 is 28.6. The summed E-state index contributed by atoms with van der Waals surface area (Å²) in [5.41, 5.74) is -0.489. The van der Waals surface area contributed by atoms with Gasteiger partial charge in [0.05, 0.1) is 4.92 Å². The Morgan fingerprint density at radius 1 is 1.35 bits per heavy atom. The van der Waals surface area contributed by atoms with Crippen LogP contribution in [0.2, 0.25) is 0 Å². The molecule has 0 unspecified atom stereocenters. The van der Waals surface area contributed by atoms with E-state index in [-0.39, 0.29) is 11.5 Å². The highest BCUT2D eigenvalue weighted by molar-refractivity contribution is 5.95. The number of hydrogen-bond acceptors (Lipinski definition) is 4. The number of hydrogen-bond donors (Lipinski definition) is 0. The molecule has 1 aromatic rings. The highest BCUT2D eigenvalue weighted by Gasteiger charge is 2.24. The van der Waals surface area contributed by atoms with Gasteiger partial charge in [-0.2, -0.15) is 8.78 Å². The quantitative estimate of drug-likeness (QED) is 0.629. The molecule has 108 valence electrons. The van der Waals surface area contributed by atoms with Crippen molar-refractivity contribution in [1.82, 2.24) is 4.90 Å². The fraction of sp³-hybridized carbons (Fsp3) is 0.417. The number of halogens is 2. The summed E-state index contributed by atoms with van der Waals surface area (Å²) >= 11 is 0. The van der Waals surface area contributed by atoms with E-state index in [1.807, 2.05) is 0 Å². The molecular weight excluding hydrogens is 274 g/mol. The molecule has 0 bridgehead atoms. The van der Waals surface area contributed by atoms with Crippen molar-refractivity contribution in [2.24, 2.45) is 0 Å². The summed E-state index contributed by atoms with van der Waals surface area (Å²) in [6.07, 6.45) is 1.78. The van der Waals surface area contributed by atoms with Crippen LogP contribution in [0.3, 0.4) is 0 Å². The van der Waals surface area contributed by atoms with Gasteiger partial charge in [0.15, 0.2) is 0 Å². The predicted molar refractivity (Wildman–Crippen MR) is 64.9 cm³/mol. The molecule has 1 aromatic carbocycles. The monoisotopic (exact) mass is 286 g/mol. The fourth-order valence-corrected chi connectivity index (χ4v) is 2.09. The Kier molecular flexibility index (Phi) is 4.11. The zero-order valence-corrected chi connectivity index (χ0v) is 10.4. The summed E-state index contributed by atoms with van der Waals surface area (Å²) in [6, 6.07) is 3.24. The number of carbonyl (C=O) groups excluding carboxylic acids is 1. The van der Waals surface area contributed by atoms with Gasteiger partial charge < -0.3 is 9.64 Å². The number of likely N-dealkylation sites (tertiary alicyclic amines) is 1. The molecule has 0 atom stereocenters. The summed E-state index contributed by atoms with van der Waals surface area (Å²) in [4.78, 5) is 23.6. The topological polar surface area (TPSA) is 72.7 Å². The van der Waals surface area contributed by atoms with E-state index in [9.17, 15) is 23.7 Å². The van der Waals surface area contributed by atoms with Gasteiger partial charge in [0, 0.05) is 30.8 Å². The van der Waals surface area contributed by atoms with Crippen LogP contribution in [0.15, 0.2) is 18.2 Å². The Morgan fingerprint density at radius 2 is 2.00 bits per heavy atom. The molecule has 1 aliphatic heterocycles. The Hall–Kier alpha value is -2.25. The van der Waals surface area contributed by atoms with Crippen LogP contribution in [0.4, 0.5) is 14.5 Å². The molecule has 1 aliphatic rings. The Bertz CT molecular complexity index is 530. The summed E-state index contributed by atoms with van der Waals surface area (Å²) in [7, 11) is 0. The maximum Gasteiger partial charge on any atom is 0.387 e. The third kappa shape index (κ3) is 3.01. The molecule has 1 amide bonds. The van der Waals surface area contributed by atoms with Crippen molar-refractivity contribution >= 4 is 11.6 Å². The average Bonchev–Trinajstić information content (AvgIpc) is 2.90. The number of alkyl halides is 2. The summed E-state index contributed by atoms with van der Waals surface area (Å²) in [5.74, 6) is -0.938. The molecule has 2 rings (SSSR count). The fourth-order valence-electron chi connectivity index (χ4n) is 2.09. The van der Waals surface area contributed by atoms with E-state index >= 15 is 0 Å². The lowest BCUT2D eigenvalue weighted by Gasteiger charge is -2.15. The van der Waals surface area contributed by atoms with E-state index < -0.39 is 23.0 Å². The van der Waals surface area contributed by atoms with Crippen molar-refractivity contribution in [2.75, 3.05) is 13.1 Å². The minimum absolute atomic E-state index is 0.105. The second-order valence-corrected chi connectivity index (χ2v) is 4.32. The lowest BCUT2D eigenvalue weighted by atomic mass is 10.1. The van der Waals surface area contributed by atoms with Crippen LogP contribution < -0.4 is 4.74 Å². The number of nitrogens with zero attached hydrogens (tertiary/aromatic N) is 2. The van der Waals surface area contributed by atoms with E-state index in [0.717, 1.165) is 25.0 Å². The molecule has 20 heavy (non-hydrogen) atoms. The molecule has 0 spiro atoms. The maximum atomic E-state index is 12.3. The number of carbonyl (C=O) groups is 1. The molecule has 0 aliphatic carbocycles. The van der Waals surface area contributed by atoms with E-state index in [4.69, 9.17) is 0 Å². The number of amides is 1. The van der Waals surface area contributed by atoms with Crippen molar-refractivity contribution < 1.29 is 23.2 Å². The standard InChI is InChI=1S/C12H12F2N2O4/c13-12(14)20-10-7-8(3-4-9(10)16(18)19)11(17)15-5-1-2-6-15/h3-4,7,12H,1-2,5-6H2. The number of rotatable bonds is 4. The van der Waals surface area contributed by atoms with Crippen LogP contribution in [0, 0.1) is 10.1 Å². The highest BCUT2D eigenvalue weighted by Crippen LogP contribution is 2.30. The minimum atomic E-state index is -3.19. The lowest BCUT2D eigenvalue weighted by Crippen LogP contribution is -2.27. The van der Waals surface area contributed by atoms with Crippen molar-refractivity contribution in [3.8, 4) is 5.75 Å². The lowest BCUT2D eigenvalue weighted by molar-refractivity contribution is -0.386. The zero-order valence-electron chi connectivity index (χ0n) is 10.4. The average molecular weight is 286 g/mol. The molecule has 0 saturated carbocycles. The highest BCUT2D eigenvalue weighted by atomic mass is 19.3. The van der Waals surface area contributed by atoms with Gasteiger partial charge in [-0.05, 0) is 18.9 Å². The van der Waals surface area contributed by atoms with Crippen LogP contribution in [-0.2, 0) is 0 Å². The van der Waals surface area contributed by atoms with Crippen molar-refractivity contribution in [2.45, 2.75) is 19.5 Å². The first-order chi connectivity index (χ1) is 9.49. The van der Waals surface area contributed by atoms with E-state index in [1.54, 1.807) is 4.90 Å². The Balaban J connectivity index is 2.30. The first kappa shape index (κ1) is 14.2. The number of benzene rings is 1. The van der Waals surface area contributed by atoms with E-state index in [1.165, 1.54) is 6.07 Å². The summed E-state index contributed by atoms with van der Waals surface area (Å²) in [6.45, 7) is -1.99. The van der Waals surface area contributed by atoms with E-state index in [2.05, 4.69) is 4.74 Å². The van der Waals surface area contributed by atoms with E-state index in [0.29, 0.717) is 13.1 Å². The van der Waals surface area contributed by atoms with Gasteiger partial charge in [-0.25, -0.2) is 0 Å². The molecule has 1 saturated heterocycles. The van der Waals surface area contributed by atoms with Crippen LogP contribution in [-0.4, -0.2) is 35.4 Å².